The zero-order valence-electron chi connectivity index (χ0n) is 4.46. The summed E-state index contributed by atoms with van der Waals surface area (Å²) in [5, 5.41) is 15.9. The van der Waals surface area contributed by atoms with Crippen LogP contribution in [0.15, 0.2) is 12.2 Å². The average molecular weight is 106 g/mol. The zero-order valence-corrected chi connectivity index (χ0v) is 4.46. The lowest BCUT2D eigenvalue weighted by Crippen LogP contribution is -1.60. The van der Waals surface area contributed by atoms with Gasteiger partial charge in [-0.25, -0.2) is 0 Å². The van der Waals surface area contributed by atoms with Crippen molar-refractivity contribution in [2.45, 2.75) is 12.8 Å². The van der Waals surface area contributed by atoms with Crippen molar-refractivity contribution >= 4 is 0 Å². The van der Waals surface area contributed by atoms with E-state index in [1.807, 2.05) is 12.1 Å². The minimum absolute atomic E-state index is 0.498. The smallest absolute Gasteiger partial charge is 0.0908 e. The van der Waals surface area contributed by atoms with Crippen LogP contribution in [0.4, 0.5) is 0 Å². The molecule has 0 aromatic heterocycles. The van der Waals surface area contributed by atoms with Crippen molar-refractivity contribution in [1.29, 1.82) is 10.5 Å². The minimum atomic E-state index is 0.498. The SMILES string of the molecule is N#C/C=C\CCC#N. The Kier molecular flexibility index (Phi) is 4.80. The average Bonchev–Trinajstić information content (AvgIpc) is 1.81. The Morgan fingerprint density at radius 3 is 2.62 bits per heavy atom. The highest BCUT2D eigenvalue weighted by atomic mass is 14.2. The second-order valence-corrected chi connectivity index (χ2v) is 1.23. The summed E-state index contributed by atoms with van der Waals surface area (Å²) in [6.07, 6.45) is 4.25. The summed E-state index contributed by atoms with van der Waals surface area (Å²) < 4.78 is 0. The van der Waals surface area contributed by atoms with Gasteiger partial charge in [0.1, 0.15) is 0 Å². The molecule has 0 radical (unpaired) electrons. The molecule has 0 rings (SSSR count). The standard InChI is InChI=1S/C6H6N2/c7-5-3-1-2-4-6-8/h1,3H,2,4H2/b3-1-. The number of allylic oxidation sites excluding steroid dienone is 2. The summed E-state index contributed by atoms with van der Waals surface area (Å²) in [7, 11) is 0. The van der Waals surface area contributed by atoms with Crippen molar-refractivity contribution in [2.75, 3.05) is 0 Å². The lowest BCUT2D eigenvalue weighted by Gasteiger charge is -1.73. The summed E-state index contributed by atoms with van der Waals surface area (Å²) in [5.74, 6) is 0. The summed E-state index contributed by atoms with van der Waals surface area (Å²) >= 11 is 0. The van der Waals surface area contributed by atoms with Gasteiger partial charge in [0.25, 0.3) is 0 Å². The Morgan fingerprint density at radius 1 is 1.38 bits per heavy atom. The van der Waals surface area contributed by atoms with E-state index >= 15 is 0 Å². The molecule has 0 aromatic carbocycles. The third-order valence-electron chi connectivity index (χ3n) is 0.615. The third-order valence-corrected chi connectivity index (χ3v) is 0.615. The molecule has 0 aliphatic carbocycles. The van der Waals surface area contributed by atoms with E-state index in [9.17, 15) is 0 Å². The maximum atomic E-state index is 8.00. The van der Waals surface area contributed by atoms with E-state index in [0.29, 0.717) is 12.8 Å². The molecule has 0 heterocycles. The number of nitriles is 2. The van der Waals surface area contributed by atoms with E-state index in [0.717, 1.165) is 0 Å². The van der Waals surface area contributed by atoms with Gasteiger partial charge in [0.15, 0.2) is 0 Å². The Balaban J connectivity index is 3.10. The van der Waals surface area contributed by atoms with Gasteiger partial charge < -0.3 is 0 Å². The quantitative estimate of drug-likeness (QED) is 0.394. The lowest BCUT2D eigenvalue weighted by molar-refractivity contribution is 1.06. The molecular formula is C6H6N2. The number of nitrogens with zero attached hydrogens (tertiary/aromatic N) is 2. The maximum absolute atomic E-state index is 8.00. The molecule has 0 spiro atoms. The highest BCUT2D eigenvalue weighted by Crippen LogP contribution is 1.86. The van der Waals surface area contributed by atoms with Gasteiger partial charge in [0.2, 0.25) is 0 Å². The Bertz CT molecular complexity index is 145. The minimum Gasteiger partial charge on any atom is -0.198 e. The molecule has 0 aliphatic heterocycles. The first kappa shape index (κ1) is 6.72. The molecule has 0 N–H and O–H groups in total. The van der Waals surface area contributed by atoms with Crippen LogP contribution in [0.1, 0.15) is 12.8 Å². The lowest BCUT2D eigenvalue weighted by atomic mass is 10.3. The molecule has 0 aromatic rings. The fourth-order valence-corrected chi connectivity index (χ4v) is 0.284. The maximum Gasteiger partial charge on any atom is 0.0908 e. The van der Waals surface area contributed by atoms with Crippen LogP contribution in [0, 0.1) is 22.7 Å². The number of unbranched alkanes of at least 4 members (excludes halogenated alkanes) is 1. The molecule has 0 saturated carbocycles. The monoisotopic (exact) mass is 106 g/mol. The van der Waals surface area contributed by atoms with Crippen LogP contribution in [-0.4, -0.2) is 0 Å². The largest absolute Gasteiger partial charge is 0.198 e. The van der Waals surface area contributed by atoms with E-state index in [-0.39, 0.29) is 0 Å². The first-order valence-corrected chi connectivity index (χ1v) is 2.33. The fourth-order valence-electron chi connectivity index (χ4n) is 0.284. The molecule has 0 aliphatic rings. The Morgan fingerprint density at radius 2 is 2.12 bits per heavy atom. The third kappa shape index (κ3) is 4.72. The predicted molar refractivity (Wildman–Crippen MR) is 29.6 cm³/mol. The molecule has 0 unspecified atom stereocenters. The van der Waals surface area contributed by atoms with E-state index in [1.54, 1.807) is 6.08 Å². The van der Waals surface area contributed by atoms with Crippen molar-refractivity contribution in [2.24, 2.45) is 0 Å². The van der Waals surface area contributed by atoms with Gasteiger partial charge in [0, 0.05) is 12.5 Å². The number of hydrogen-bond acceptors (Lipinski definition) is 2. The molecule has 0 fully saturated rings. The van der Waals surface area contributed by atoms with Gasteiger partial charge in [-0.3, -0.25) is 0 Å². The Labute approximate surface area is 48.7 Å². The molecule has 0 saturated heterocycles. The van der Waals surface area contributed by atoms with Crippen molar-refractivity contribution in [3.05, 3.63) is 12.2 Å². The van der Waals surface area contributed by atoms with Crippen molar-refractivity contribution < 1.29 is 0 Å². The van der Waals surface area contributed by atoms with Gasteiger partial charge in [-0.15, -0.1) is 0 Å². The summed E-state index contributed by atoms with van der Waals surface area (Å²) in [6, 6.07) is 3.80. The second-order valence-electron chi connectivity index (χ2n) is 1.23. The summed E-state index contributed by atoms with van der Waals surface area (Å²) in [4.78, 5) is 0. The molecule has 0 atom stereocenters. The van der Waals surface area contributed by atoms with Crippen molar-refractivity contribution in [3.8, 4) is 12.1 Å². The van der Waals surface area contributed by atoms with Gasteiger partial charge in [-0.05, 0) is 6.42 Å². The molecule has 0 amide bonds. The van der Waals surface area contributed by atoms with Gasteiger partial charge >= 0.3 is 0 Å². The van der Waals surface area contributed by atoms with Crippen LogP contribution in [-0.2, 0) is 0 Å². The molecular weight excluding hydrogens is 100 g/mol. The molecule has 8 heavy (non-hydrogen) atoms. The van der Waals surface area contributed by atoms with Crippen LogP contribution >= 0.6 is 0 Å². The summed E-state index contributed by atoms with van der Waals surface area (Å²) in [5.41, 5.74) is 0. The first-order chi connectivity index (χ1) is 3.91. The van der Waals surface area contributed by atoms with Crippen LogP contribution in [0.3, 0.4) is 0 Å². The van der Waals surface area contributed by atoms with Gasteiger partial charge in [0.05, 0.1) is 12.1 Å². The highest BCUT2D eigenvalue weighted by Gasteiger charge is 1.73. The normalized spacial score (nSPS) is 8.25. The van der Waals surface area contributed by atoms with Crippen LogP contribution in [0.2, 0.25) is 0 Å². The number of hydrogen-bond donors (Lipinski definition) is 0. The molecule has 2 nitrogen and oxygen atoms in total. The van der Waals surface area contributed by atoms with Crippen LogP contribution in [0.5, 0.6) is 0 Å². The van der Waals surface area contributed by atoms with Crippen LogP contribution in [0.25, 0.3) is 0 Å². The molecule has 0 bridgehead atoms. The van der Waals surface area contributed by atoms with Crippen molar-refractivity contribution in [3.63, 3.8) is 0 Å². The predicted octanol–water partition coefficient (Wildman–Crippen LogP) is 1.37. The molecule has 40 valence electrons. The van der Waals surface area contributed by atoms with E-state index in [4.69, 9.17) is 10.5 Å². The zero-order chi connectivity index (χ0) is 6.24. The van der Waals surface area contributed by atoms with E-state index in [1.165, 1.54) is 6.08 Å². The fraction of sp³-hybridized carbons (Fsp3) is 0.333. The topological polar surface area (TPSA) is 47.6 Å². The first-order valence-electron chi connectivity index (χ1n) is 2.33. The van der Waals surface area contributed by atoms with Crippen LogP contribution < -0.4 is 0 Å². The van der Waals surface area contributed by atoms with Gasteiger partial charge in [-0.2, -0.15) is 10.5 Å². The van der Waals surface area contributed by atoms with Gasteiger partial charge in [-0.1, -0.05) is 6.08 Å². The second kappa shape index (κ2) is 5.72. The van der Waals surface area contributed by atoms with E-state index < -0.39 is 0 Å². The Hall–Kier alpha value is -1.28. The number of rotatable bonds is 2. The summed E-state index contributed by atoms with van der Waals surface area (Å²) in [6.45, 7) is 0. The molecule has 2 heteroatoms. The van der Waals surface area contributed by atoms with Crippen molar-refractivity contribution in [1.82, 2.24) is 0 Å². The highest BCUT2D eigenvalue weighted by molar-refractivity contribution is 5.01. The van der Waals surface area contributed by atoms with E-state index in [2.05, 4.69) is 0 Å².